The molecule has 0 fully saturated rings. The van der Waals surface area contributed by atoms with Crippen LogP contribution in [0, 0.1) is 5.92 Å². The predicted molar refractivity (Wildman–Crippen MR) is 175 cm³/mol. The number of fused-ring (bicyclic) bond motifs is 1. The number of amides is 1. The molecule has 0 radical (unpaired) electrons. The summed E-state index contributed by atoms with van der Waals surface area (Å²) in [6.07, 6.45) is 3.83. The predicted octanol–water partition coefficient (Wildman–Crippen LogP) is 8.22. The first-order valence-electron chi connectivity index (χ1n) is 14.8. The molecule has 226 valence electrons. The standard InChI is InChI=1S/C37H44N2O4/c1-35(2,3)23-16-17-24-26(20-23)32(41)25(31(24)40)14-10-12-21-13-11-15-29(30(21)38)39-34(43)22-18-27(36(4,5)6)33(42)28(19-22)37(7,8)9/h10-13,15-20,25,42H,14,38H2,1-9H3,(H,39,43)/b12-10-. The number of ketones is 2. The van der Waals surface area contributed by atoms with Crippen LogP contribution in [-0.4, -0.2) is 22.6 Å². The van der Waals surface area contributed by atoms with Crippen molar-refractivity contribution in [3.8, 4) is 5.75 Å². The molecule has 1 aliphatic carbocycles. The molecule has 4 N–H and O–H groups in total. The van der Waals surface area contributed by atoms with Crippen molar-refractivity contribution in [2.45, 2.75) is 85.0 Å². The second-order valence-electron chi connectivity index (χ2n) is 14.6. The first-order valence-corrected chi connectivity index (χ1v) is 14.8. The largest absolute Gasteiger partial charge is 0.507 e. The van der Waals surface area contributed by atoms with Crippen LogP contribution in [0.4, 0.5) is 11.4 Å². The lowest BCUT2D eigenvalue weighted by molar-refractivity contribution is 0.0840. The van der Waals surface area contributed by atoms with Gasteiger partial charge in [0.25, 0.3) is 5.91 Å². The maximum absolute atomic E-state index is 13.5. The van der Waals surface area contributed by atoms with Crippen LogP contribution in [-0.2, 0) is 16.2 Å². The van der Waals surface area contributed by atoms with Gasteiger partial charge >= 0.3 is 0 Å². The van der Waals surface area contributed by atoms with E-state index in [0.717, 1.165) is 5.56 Å². The minimum Gasteiger partial charge on any atom is -0.507 e. The number of nitrogen functional groups attached to an aromatic ring is 1. The summed E-state index contributed by atoms with van der Waals surface area (Å²) in [7, 11) is 0. The van der Waals surface area contributed by atoms with Gasteiger partial charge in [0.15, 0.2) is 11.6 Å². The second kappa shape index (κ2) is 11.1. The molecule has 1 amide bonds. The zero-order valence-electron chi connectivity index (χ0n) is 26.8. The van der Waals surface area contributed by atoms with Crippen LogP contribution >= 0.6 is 0 Å². The molecule has 0 aliphatic heterocycles. The Morgan fingerprint density at radius 3 is 1.98 bits per heavy atom. The van der Waals surface area contributed by atoms with Gasteiger partial charge in [0.1, 0.15) is 5.75 Å². The third kappa shape index (κ3) is 6.43. The van der Waals surface area contributed by atoms with Gasteiger partial charge in [-0.25, -0.2) is 0 Å². The zero-order chi connectivity index (χ0) is 32.1. The normalized spacial score (nSPS) is 15.7. The molecule has 6 nitrogen and oxygen atoms in total. The molecule has 3 aromatic carbocycles. The Labute approximate surface area is 255 Å². The molecule has 1 unspecified atom stereocenters. The molecule has 4 rings (SSSR count). The summed E-state index contributed by atoms with van der Waals surface area (Å²) in [5, 5.41) is 14.0. The van der Waals surface area contributed by atoms with E-state index in [1.807, 2.05) is 59.7 Å². The highest BCUT2D eigenvalue weighted by Gasteiger charge is 2.38. The first-order chi connectivity index (χ1) is 19.8. The lowest BCUT2D eigenvalue weighted by Crippen LogP contribution is -2.21. The van der Waals surface area contributed by atoms with Crippen molar-refractivity contribution < 1.29 is 19.5 Å². The van der Waals surface area contributed by atoms with E-state index in [1.165, 1.54) is 0 Å². The molecular formula is C37H44N2O4. The van der Waals surface area contributed by atoms with E-state index in [1.54, 1.807) is 42.5 Å². The average Bonchev–Trinajstić information content (AvgIpc) is 3.13. The summed E-state index contributed by atoms with van der Waals surface area (Å²) < 4.78 is 0. The van der Waals surface area contributed by atoms with Crippen LogP contribution < -0.4 is 11.1 Å². The Morgan fingerprint density at radius 2 is 1.42 bits per heavy atom. The minimum absolute atomic E-state index is 0.125. The summed E-state index contributed by atoms with van der Waals surface area (Å²) in [5.41, 5.74) is 10.9. The van der Waals surface area contributed by atoms with Crippen LogP contribution in [0.25, 0.3) is 6.08 Å². The molecule has 3 aromatic rings. The third-order valence-electron chi connectivity index (χ3n) is 8.09. The van der Waals surface area contributed by atoms with Crippen molar-refractivity contribution in [2.75, 3.05) is 11.1 Å². The molecule has 0 saturated carbocycles. The number of nitrogens with two attached hydrogens (primary N) is 1. The smallest absolute Gasteiger partial charge is 0.255 e. The zero-order valence-corrected chi connectivity index (χ0v) is 26.8. The number of carbonyl (C=O) groups excluding carboxylic acids is 3. The van der Waals surface area contributed by atoms with Crippen LogP contribution in [0.15, 0.2) is 54.6 Å². The number of aromatic hydroxyl groups is 1. The summed E-state index contributed by atoms with van der Waals surface area (Å²) in [5.74, 6) is -1.19. The van der Waals surface area contributed by atoms with E-state index >= 15 is 0 Å². The van der Waals surface area contributed by atoms with Gasteiger partial charge in [-0.2, -0.15) is 0 Å². The Balaban J connectivity index is 1.55. The van der Waals surface area contributed by atoms with E-state index in [9.17, 15) is 19.5 Å². The molecule has 0 heterocycles. The van der Waals surface area contributed by atoms with Crippen LogP contribution in [0.5, 0.6) is 5.75 Å². The lowest BCUT2D eigenvalue weighted by atomic mass is 9.78. The van der Waals surface area contributed by atoms with E-state index in [0.29, 0.717) is 44.8 Å². The highest BCUT2D eigenvalue weighted by atomic mass is 16.3. The molecule has 43 heavy (non-hydrogen) atoms. The molecule has 6 heteroatoms. The van der Waals surface area contributed by atoms with Gasteiger partial charge in [-0.05, 0) is 58.1 Å². The summed E-state index contributed by atoms with van der Waals surface area (Å²) in [6, 6.07) is 14.4. The summed E-state index contributed by atoms with van der Waals surface area (Å²) >= 11 is 0. The first kappa shape index (κ1) is 31.7. The molecule has 0 saturated heterocycles. The number of hydrogen-bond donors (Lipinski definition) is 3. The fourth-order valence-electron chi connectivity index (χ4n) is 5.41. The topological polar surface area (TPSA) is 109 Å². The summed E-state index contributed by atoms with van der Waals surface area (Å²) in [4.78, 5) is 39.7. The highest BCUT2D eigenvalue weighted by molar-refractivity contribution is 6.26. The van der Waals surface area contributed by atoms with Crippen molar-refractivity contribution in [1.29, 1.82) is 0 Å². The van der Waals surface area contributed by atoms with E-state index in [-0.39, 0.29) is 45.9 Å². The number of nitrogens with one attached hydrogen (secondary N) is 1. The van der Waals surface area contributed by atoms with Gasteiger partial charge in [-0.1, -0.05) is 98.7 Å². The maximum atomic E-state index is 13.5. The van der Waals surface area contributed by atoms with Crippen molar-refractivity contribution in [3.05, 3.63) is 93.6 Å². The number of carbonyl (C=O) groups is 3. The Bertz CT molecular complexity index is 1610. The number of Topliss-reactive ketones (excluding diaryl/α,β-unsaturated/α-hetero) is 2. The van der Waals surface area contributed by atoms with E-state index in [2.05, 4.69) is 26.1 Å². The Morgan fingerprint density at radius 1 is 0.837 bits per heavy atom. The number of allylic oxidation sites excluding steroid dienone is 1. The second-order valence-corrected chi connectivity index (χ2v) is 14.6. The minimum atomic E-state index is -0.755. The molecule has 0 bridgehead atoms. The van der Waals surface area contributed by atoms with Crippen molar-refractivity contribution >= 4 is 34.9 Å². The number of para-hydroxylation sites is 1. The fourth-order valence-corrected chi connectivity index (χ4v) is 5.41. The molecule has 0 spiro atoms. The van der Waals surface area contributed by atoms with Gasteiger partial charge in [-0.3, -0.25) is 14.4 Å². The van der Waals surface area contributed by atoms with E-state index < -0.39 is 5.92 Å². The van der Waals surface area contributed by atoms with Crippen LogP contribution in [0.2, 0.25) is 0 Å². The van der Waals surface area contributed by atoms with Gasteiger partial charge in [-0.15, -0.1) is 0 Å². The number of benzene rings is 3. The van der Waals surface area contributed by atoms with Crippen molar-refractivity contribution in [2.24, 2.45) is 5.92 Å². The summed E-state index contributed by atoms with van der Waals surface area (Å²) in [6.45, 7) is 18.2. The van der Waals surface area contributed by atoms with Gasteiger partial charge in [0.05, 0.1) is 17.3 Å². The number of phenols is 1. The van der Waals surface area contributed by atoms with Crippen molar-refractivity contribution in [3.63, 3.8) is 0 Å². The molecule has 1 atom stereocenters. The molecule has 0 aromatic heterocycles. The number of anilines is 2. The average molecular weight is 581 g/mol. The molecule has 1 aliphatic rings. The fraction of sp³-hybridized carbons (Fsp3) is 0.378. The quantitative estimate of drug-likeness (QED) is 0.208. The van der Waals surface area contributed by atoms with Gasteiger partial charge in [0.2, 0.25) is 0 Å². The Kier molecular flexibility index (Phi) is 8.22. The van der Waals surface area contributed by atoms with Crippen LogP contribution in [0.1, 0.15) is 122 Å². The number of rotatable bonds is 5. The van der Waals surface area contributed by atoms with Crippen molar-refractivity contribution in [1.82, 2.24) is 0 Å². The monoisotopic (exact) mass is 580 g/mol. The third-order valence-corrected chi connectivity index (χ3v) is 8.09. The SMILES string of the molecule is CC(C)(C)c1ccc2c(c1)C(=O)C(C/C=C\c1cccc(NC(=O)c3cc(C(C)(C)C)c(O)c(C(C)(C)C)c3)c1N)C2=O. The van der Waals surface area contributed by atoms with Gasteiger partial charge in [0, 0.05) is 27.8 Å². The van der Waals surface area contributed by atoms with Crippen LogP contribution in [0.3, 0.4) is 0 Å². The number of phenolic OH excluding ortho intramolecular Hbond substituents is 1. The Hall–Kier alpha value is -4.19. The lowest BCUT2D eigenvalue weighted by Gasteiger charge is -2.28. The maximum Gasteiger partial charge on any atom is 0.255 e. The van der Waals surface area contributed by atoms with E-state index in [4.69, 9.17) is 5.73 Å². The van der Waals surface area contributed by atoms with Gasteiger partial charge < -0.3 is 16.2 Å². The highest BCUT2D eigenvalue weighted by Crippen LogP contribution is 2.40. The molecular weight excluding hydrogens is 536 g/mol. The number of hydrogen-bond acceptors (Lipinski definition) is 5.